The highest BCUT2D eigenvalue weighted by molar-refractivity contribution is 9.36. The Morgan fingerprint density at radius 2 is 1.24 bits per heavy atom. The molecule has 0 aliphatic rings. The molecule has 1 N–H and O–H groups in total. The third-order valence-electron chi connectivity index (χ3n) is 5.92. The third kappa shape index (κ3) is 7.52. The van der Waals surface area contributed by atoms with Crippen LogP contribution in [0.4, 0.5) is 11.4 Å². The van der Waals surface area contributed by atoms with Gasteiger partial charge in [0.05, 0.1) is 5.69 Å². The van der Waals surface area contributed by atoms with Crippen LogP contribution in [0, 0.1) is 0 Å². The lowest BCUT2D eigenvalue weighted by molar-refractivity contribution is 0.834. The van der Waals surface area contributed by atoms with Crippen LogP contribution >= 0.6 is 22.8 Å². The maximum absolute atomic E-state index is 5.26. The molecule has 4 heteroatoms. The lowest BCUT2D eigenvalue weighted by atomic mass is 9.92. The van der Waals surface area contributed by atoms with Gasteiger partial charge in [-0.15, -0.1) is 0 Å². The minimum absolute atomic E-state index is 0.435. The molecule has 2 rings (SSSR count). The van der Waals surface area contributed by atoms with Crippen LogP contribution in [0.5, 0.6) is 0 Å². The molecule has 0 fully saturated rings. The summed E-state index contributed by atoms with van der Waals surface area (Å²) >= 11 is 3.67. The zero-order valence-corrected chi connectivity index (χ0v) is 24.5. The van der Waals surface area contributed by atoms with E-state index in [1.165, 1.54) is 27.9 Å². The Hall–Kier alpha value is -1.44. The molecule has 0 saturated carbocycles. The Labute approximate surface area is 212 Å². The molecule has 0 bridgehead atoms. The van der Waals surface area contributed by atoms with Crippen molar-refractivity contribution < 1.29 is 0 Å². The van der Waals surface area contributed by atoms with Crippen LogP contribution in [-0.4, -0.2) is 11.9 Å². The van der Waals surface area contributed by atoms with Crippen molar-refractivity contribution in [2.24, 2.45) is 4.99 Å². The molecule has 2 nitrogen and oxygen atoms in total. The van der Waals surface area contributed by atoms with Crippen molar-refractivity contribution in [3.05, 3.63) is 70.4 Å². The minimum atomic E-state index is 0.435. The van der Waals surface area contributed by atoms with Gasteiger partial charge in [0, 0.05) is 23.3 Å². The number of nitrogens with zero attached hydrogens (tertiary/aromatic N) is 1. The number of benzene rings is 2. The first-order valence-corrected chi connectivity index (χ1v) is 15.6. The number of hydrogen-bond donors (Lipinski definition) is 1. The van der Waals surface area contributed by atoms with Crippen molar-refractivity contribution in [1.82, 2.24) is 0 Å². The van der Waals surface area contributed by atoms with Gasteiger partial charge in [0.25, 0.3) is 0 Å². The van der Waals surface area contributed by atoms with E-state index in [9.17, 15) is 0 Å². The summed E-state index contributed by atoms with van der Waals surface area (Å²) in [4.78, 5) is 5.26. The zero-order chi connectivity index (χ0) is 24.7. The minimum Gasteiger partial charge on any atom is -0.359 e. The van der Waals surface area contributed by atoms with Crippen molar-refractivity contribution in [2.75, 3.05) is 11.5 Å². The van der Waals surface area contributed by atoms with Gasteiger partial charge >= 0.3 is 0 Å². The second-order valence-electron chi connectivity index (χ2n) is 10.1. The fourth-order valence-electron chi connectivity index (χ4n) is 4.15. The molecule has 0 aliphatic carbocycles. The Morgan fingerprint density at radius 1 is 0.818 bits per heavy atom. The van der Waals surface area contributed by atoms with E-state index in [0.717, 1.165) is 23.3 Å². The SMILES string of the molecule is CC(=CC(CPBr)=Nc1c(C(C)C)cccc1C(C)C)Nc1c(C(C)C)cccc1C(C)C. The first-order valence-electron chi connectivity index (χ1n) is 12.2. The van der Waals surface area contributed by atoms with Crippen molar-refractivity contribution in [3.63, 3.8) is 0 Å². The summed E-state index contributed by atoms with van der Waals surface area (Å²) in [6.45, 7) is 20.2. The summed E-state index contributed by atoms with van der Waals surface area (Å²) in [5.74, 6) is 1.79. The largest absolute Gasteiger partial charge is 0.359 e. The van der Waals surface area contributed by atoms with Gasteiger partial charge in [-0.2, -0.15) is 0 Å². The van der Waals surface area contributed by atoms with E-state index in [1.54, 1.807) is 0 Å². The monoisotopic (exact) mass is 528 g/mol. The predicted molar refractivity (Wildman–Crippen MR) is 156 cm³/mol. The summed E-state index contributed by atoms with van der Waals surface area (Å²) < 4.78 is 0. The molecule has 180 valence electrons. The van der Waals surface area contributed by atoms with Crippen molar-refractivity contribution >= 4 is 39.9 Å². The lowest BCUT2D eigenvalue weighted by Crippen LogP contribution is -2.08. The molecule has 0 heterocycles. The molecule has 33 heavy (non-hydrogen) atoms. The number of anilines is 1. The Balaban J connectivity index is 2.56. The maximum atomic E-state index is 5.26. The summed E-state index contributed by atoms with van der Waals surface area (Å²) in [7, 11) is 0.637. The molecular formula is C29H42BrN2P. The Bertz CT molecular complexity index is 935. The molecular weight excluding hydrogens is 487 g/mol. The summed E-state index contributed by atoms with van der Waals surface area (Å²) in [5.41, 5.74) is 10.0. The molecule has 0 radical (unpaired) electrons. The van der Waals surface area contributed by atoms with Crippen LogP contribution in [-0.2, 0) is 0 Å². The fraction of sp³-hybridized carbons (Fsp3) is 0.483. The number of nitrogens with one attached hydrogen (secondary N) is 1. The molecule has 0 aromatic heterocycles. The highest BCUT2D eigenvalue weighted by atomic mass is 79.9. The van der Waals surface area contributed by atoms with Gasteiger partial charge in [-0.1, -0.05) is 107 Å². The first-order chi connectivity index (χ1) is 15.6. The molecule has 2 aromatic rings. The van der Waals surface area contributed by atoms with Gasteiger partial charge < -0.3 is 5.32 Å². The number of para-hydroxylation sites is 2. The second-order valence-corrected chi connectivity index (χ2v) is 12.4. The molecule has 0 amide bonds. The predicted octanol–water partition coefficient (Wildman–Crippen LogP) is 10.3. The lowest BCUT2D eigenvalue weighted by Gasteiger charge is -2.21. The molecule has 1 atom stereocenters. The molecule has 1 unspecified atom stereocenters. The maximum Gasteiger partial charge on any atom is 0.0702 e. The zero-order valence-electron chi connectivity index (χ0n) is 21.9. The average Bonchev–Trinajstić information content (AvgIpc) is 2.73. The van der Waals surface area contributed by atoms with E-state index >= 15 is 0 Å². The van der Waals surface area contributed by atoms with Crippen LogP contribution in [0.2, 0.25) is 0 Å². The van der Waals surface area contributed by atoms with Crippen LogP contribution in [0.15, 0.2) is 53.2 Å². The summed E-state index contributed by atoms with van der Waals surface area (Å²) in [5, 5.41) is 3.76. The van der Waals surface area contributed by atoms with E-state index in [-0.39, 0.29) is 0 Å². The Kier molecular flexibility index (Phi) is 10.8. The number of hydrogen-bond acceptors (Lipinski definition) is 2. The van der Waals surface area contributed by atoms with Gasteiger partial charge in [0.15, 0.2) is 0 Å². The molecule has 0 saturated heterocycles. The standard InChI is InChI=1S/C29H42BrN2P/c1-18(2)24-12-10-13-25(19(3)4)28(24)31-22(9)16-23(17-33-30)32-29-26(20(5)6)14-11-15-27(29)21(7)8/h10-16,18-21,31,33H,17H2,1-9H3. The smallest absolute Gasteiger partial charge is 0.0702 e. The fourth-order valence-corrected chi connectivity index (χ4v) is 5.33. The van der Waals surface area contributed by atoms with Crippen LogP contribution in [0.25, 0.3) is 0 Å². The highest BCUT2D eigenvalue weighted by Crippen LogP contribution is 2.36. The van der Waals surface area contributed by atoms with E-state index in [4.69, 9.17) is 4.99 Å². The first kappa shape index (κ1) is 27.8. The van der Waals surface area contributed by atoms with Crippen molar-refractivity contribution in [3.8, 4) is 0 Å². The van der Waals surface area contributed by atoms with Gasteiger partial charge in [-0.25, -0.2) is 0 Å². The highest BCUT2D eigenvalue weighted by Gasteiger charge is 2.16. The van der Waals surface area contributed by atoms with E-state index in [1.807, 2.05) is 0 Å². The van der Waals surface area contributed by atoms with Crippen LogP contribution < -0.4 is 5.32 Å². The van der Waals surface area contributed by atoms with E-state index < -0.39 is 0 Å². The van der Waals surface area contributed by atoms with Gasteiger partial charge in [-0.05, 0) is 66.2 Å². The normalized spacial score (nSPS) is 13.4. The average molecular weight is 530 g/mol. The number of allylic oxidation sites excluding steroid dienone is 2. The van der Waals surface area contributed by atoms with E-state index in [0.29, 0.717) is 31.0 Å². The Morgan fingerprint density at radius 3 is 1.64 bits per heavy atom. The topological polar surface area (TPSA) is 24.4 Å². The van der Waals surface area contributed by atoms with Crippen molar-refractivity contribution in [2.45, 2.75) is 86.0 Å². The van der Waals surface area contributed by atoms with Crippen LogP contribution in [0.3, 0.4) is 0 Å². The number of aliphatic imine (C=N–C) groups is 1. The van der Waals surface area contributed by atoms with Crippen LogP contribution in [0.1, 0.15) is 108 Å². The van der Waals surface area contributed by atoms with Gasteiger partial charge in [-0.3, -0.25) is 4.99 Å². The molecule has 0 aliphatic heterocycles. The van der Waals surface area contributed by atoms with Gasteiger partial charge in [0.2, 0.25) is 0 Å². The number of halogens is 1. The summed E-state index contributed by atoms with van der Waals surface area (Å²) in [6.07, 6.45) is 3.14. The molecule has 2 aromatic carbocycles. The quantitative estimate of drug-likeness (QED) is 0.240. The number of rotatable bonds is 10. The second kappa shape index (κ2) is 12.9. The van der Waals surface area contributed by atoms with Gasteiger partial charge in [0.1, 0.15) is 0 Å². The molecule has 0 spiro atoms. The van der Waals surface area contributed by atoms with Crippen molar-refractivity contribution in [1.29, 1.82) is 0 Å². The summed E-state index contributed by atoms with van der Waals surface area (Å²) in [6, 6.07) is 13.3. The third-order valence-corrected chi connectivity index (χ3v) is 7.26. The van der Waals surface area contributed by atoms with E-state index in [2.05, 4.69) is 126 Å².